The van der Waals surface area contributed by atoms with Crippen LogP contribution in [-0.4, -0.2) is 11.3 Å². The summed E-state index contributed by atoms with van der Waals surface area (Å²) in [5.41, 5.74) is 16.8. The number of hydrogen-bond acceptors (Lipinski definition) is 4. The van der Waals surface area contributed by atoms with Gasteiger partial charge in [-0.15, -0.1) is 11.3 Å². The Hall–Kier alpha value is -7.02. The smallest absolute Gasteiger partial charge is 0.336 e. The molecule has 0 saturated carbocycles. The van der Waals surface area contributed by atoms with E-state index in [2.05, 4.69) is 188 Å². The second-order valence-corrected chi connectivity index (χ2v) is 18.7. The Labute approximate surface area is 349 Å². The zero-order chi connectivity index (χ0) is 39.6. The quantitative estimate of drug-likeness (QED) is 0.164. The van der Waals surface area contributed by atoms with Gasteiger partial charge in [-0.2, -0.15) is 0 Å². The molecule has 0 atom stereocenters. The van der Waals surface area contributed by atoms with E-state index in [9.17, 15) is 0 Å². The molecule has 0 unspecified atom stereocenters. The fraction of sp³-hybridized carbons (Fsp3) is 0.0741. The number of furan rings is 2. The Kier molecular flexibility index (Phi) is 6.24. The molecule has 12 aromatic rings. The summed E-state index contributed by atoms with van der Waals surface area (Å²) in [5, 5.41) is 8.34. The summed E-state index contributed by atoms with van der Waals surface area (Å²) < 4.78 is 19.1. The molecule has 0 bridgehead atoms. The third kappa shape index (κ3) is 4.11. The van der Waals surface area contributed by atoms with Gasteiger partial charge in [0.2, 0.25) is 0 Å². The number of fused-ring (bicyclic) bond motifs is 17. The van der Waals surface area contributed by atoms with Crippen molar-refractivity contribution in [3.63, 3.8) is 0 Å². The highest BCUT2D eigenvalue weighted by Gasteiger charge is 2.46. The van der Waals surface area contributed by atoms with Crippen LogP contribution in [0.25, 0.3) is 97.3 Å². The molecule has 4 aromatic heterocycles. The highest BCUT2D eigenvalue weighted by Crippen LogP contribution is 2.54. The first-order valence-corrected chi connectivity index (χ1v) is 21.6. The number of hydrogen-bond donors (Lipinski definition) is 0. The zero-order valence-electron chi connectivity index (χ0n) is 33.2. The van der Waals surface area contributed by atoms with Gasteiger partial charge >= 0.3 is 6.85 Å². The maximum atomic E-state index is 7.03. The summed E-state index contributed by atoms with van der Waals surface area (Å²) in [7, 11) is 0. The van der Waals surface area contributed by atoms with Gasteiger partial charge in [-0.1, -0.05) is 136 Å². The summed E-state index contributed by atoms with van der Waals surface area (Å²) in [6.07, 6.45) is 0. The van der Waals surface area contributed by atoms with Crippen molar-refractivity contribution < 1.29 is 8.83 Å². The molecule has 282 valence electrons. The lowest BCUT2D eigenvalue weighted by Gasteiger charge is -2.41. The van der Waals surface area contributed by atoms with Gasteiger partial charge in [0.25, 0.3) is 0 Å². The van der Waals surface area contributed by atoms with Crippen molar-refractivity contribution in [3.05, 3.63) is 163 Å². The minimum Gasteiger partial charge on any atom is -0.456 e. The topological polar surface area (TPSA) is 34.5 Å². The van der Waals surface area contributed by atoms with E-state index in [1.807, 2.05) is 11.3 Å². The Morgan fingerprint density at radius 3 is 2.07 bits per heavy atom. The van der Waals surface area contributed by atoms with E-state index in [4.69, 9.17) is 8.83 Å². The SMILES string of the molecule is CC(C)(C)c1ccc(N2c3cc4oc5ccccc5c4c4c3B(c3ccc5sc6ccccc6c5c32)n2c3oc5ccccc5c3c3cccc-4c32)c(-c2ccccc2)c1. The molecule has 0 saturated heterocycles. The average Bonchev–Trinajstić information content (AvgIpc) is 4.03. The van der Waals surface area contributed by atoms with Crippen molar-refractivity contribution in [3.8, 4) is 22.3 Å². The molecule has 0 fully saturated rings. The summed E-state index contributed by atoms with van der Waals surface area (Å²) in [5.74, 6) is 0. The maximum absolute atomic E-state index is 7.03. The lowest BCUT2D eigenvalue weighted by Crippen LogP contribution is -2.56. The van der Waals surface area contributed by atoms with Crippen LogP contribution in [0.1, 0.15) is 26.3 Å². The van der Waals surface area contributed by atoms with Gasteiger partial charge in [0.05, 0.1) is 16.8 Å². The van der Waals surface area contributed by atoms with Crippen LogP contribution in [0.2, 0.25) is 0 Å². The van der Waals surface area contributed by atoms with Gasteiger partial charge in [-0.05, 0) is 69.4 Å². The first-order valence-electron chi connectivity index (χ1n) is 20.8. The molecule has 0 spiro atoms. The molecular weight excluding hydrogens is 751 g/mol. The molecular formula is C54H35BN2O2S. The number of para-hydroxylation sites is 3. The fourth-order valence-corrected chi connectivity index (χ4v) is 11.9. The summed E-state index contributed by atoms with van der Waals surface area (Å²) in [4.78, 5) is 2.60. The lowest BCUT2D eigenvalue weighted by molar-refractivity contribution is 0.590. The van der Waals surface area contributed by atoms with E-state index in [1.54, 1.807) is 0 Å². The number of aromatic nitrogens is 1. The van der Waals surface area contributed by atoms with Gasteiger partial charge in [0.15, 0.2) is 5.71 Å². The Bertz CT molecular complexity index is 3840. The first-order chi connectivity index (χ1) is 29.4. The van der Waals surface area contributed by atoms with Crippen LogP contribution in [0.15, 0.2) is 167 Å². The number of thiophene rings is 1. The fourth-order valence-electron chi connectivity index (χ4n) is 10.8. The van der Waals surface area contributed by atoms with E-state index >= 15 is 0 Å². The molecule has 60 heavy (non-hydrogen) atoms. The highest BCUT2D eigenvalue weighted by molar-refractivity contribution is 7.26. The monoisotopic (exact) mass is 786 g/mol. The van der Waals surface area contributed by atoms with Gasteiger partial charge in [0.1, 0.15) is 16.7 Å². The van der Waals surface area contributed by atoms with Crippen LogP contribution in [-0.2, 0) is 5.41 Å². The minimum absolute atomic E-state index is 0.0440. The zero-order valence-corrected chi connectivity index (χ0v) is 34.0. The molecule has 0 radical (unpaired) electrons. The van der Waals surface area contributed by atoms with Gasteiger partial charge in [-0.3, -0.25) is 0 Å². The van der Waals surface area contributed by atoms with E-state index in [1.165, 1.54) is 80.9 Å². The predicted molar refractivity (Wildman–Crippen MR) is 254 cm³/mol. The standard InChI is InChI=1S/C54H35BN2O2S/c1-54(2,3)31-24-26-39(37(28-31)30-14-5-4-6-15-30)56-40-29-43-47(33-17-8-10-21-41(33)58-43)49-36-20-13-19-35-46-32-16-7-11-22-42(32)59-53(46)57(51(35)36)55(50(40)49)38-25-27-45-48(52(38)56)34-18-9-12-23-44(34)60-45/h4-29H,1-3H3. The average molecular weight is 787 g/mol. The summed E-state index contributed by atoms with van der Waals surface area (Å²) in [6.45, 7) is 6.72. The summed E-state index contributed by atoms with van der Waals surface area (Å²) >= 11 is 1.87. The van der Waals surface area contributed by atoms with Crippen LogP contribution in [0.4, 0.5) is 17.1 Å². The van der Waals surface area contributed by atoms with Crippen LogP contribution < -0.4 is 15.8 Å². The van der Waals surface area contributed by atoms with Crippen molar-refractivity contribution in [1.82, 2.24) is 4.48 Å². The molecule has 0 aliphatic carbocycles. The number of benzene rings is 8. The normalized spacial score (nSPS) is 13.5. The van der Waals surface area contributed by atoms with Crippen LogP contribution in [0.3, 0.4) is 0 Å². The van der Waals surface area contributed by atoms with E-state index < -0.39 is 0 Å². The van der Waals surface area contributed by atoms with Crippen LogP contribution in [0, 0.1) is 0 Å². The van der Waals surface area contributed by atoms with E-state index in [0.717, 1.165) is 50.0 Å². The van der Waals surface area contributed by atoms with Crippen molar-refractivity contribution in [2.24, 2.45) is 0 Å². The van der Waals surface area contributed by atoms with E-state index in [-0.39, 0.29) is 12.3 Å². The second kappa shape index (κ2) is 11.4. The van der Waals surface area contributed by atoms with E-state index in [0.29, 0.717) is 0 Å². The Morgan fingerprint density at radius 1 is 0.533 bits per heavy atom. The molecule has 6 heterocycles. The Morgan fingerprint density at radius 2 is 1.25 bits per heavy atom. The third-order valence-corrected chi connectivity index (χ3v) is 14.5. The highest BCUT2D eigenvalue weighted by atomic mass is 32.1. The molecule has 8 aromatic carbocycles. The second-order valence-electron chi connectivity index (χ2n) is 17.6. The molecule has 4 nitrogen and oxygen atoms in total. The van der Waals surface area contributed by atoms with Gasteiger partial charge < -0.3 is 18.2 Å². The van der Waals surface area contributed by atoms with Crippen molar-refractivity contribution in [2.75, 3.05) is 4.90 Å². The molecule has 14 rings (SSSR count). The number of rotatable bonds is 2. The summed E-state index contributed by atoms with van der Waals surface area (Å²) in [6, 6.07) is 58.0. The largest absolute Gasteiger partial charge is 0.456 e. The lowest BCUT2D eigenvalue weighted by atomic mass is 9.44. The minimum atomic E-state index is -0.188. The van der Waals surface area contributed by atoms with Gasteiger partial charge in [-0.25, -0.2) is 0 Å². The molecule has 2 aliphatic rings. The predicted octanol–water partition coefficient (Wildman–Crippen LogP) is 14.2. The van der Waals surface area contributed by atoms with Crippen molar-refractivity contribution in [1.29, 1.82) is 0 Å². The van der Waals surface area contributed by atoms with Crippen molar-refractivity contribution >= 4 is 121 Å². The number of nitrogens with zero attached hydrogens (tertiary/aromatic N) is 2. The Balaban J connectivity index is 1.23. The van der Waals surface area contributed by atoms with Gasteiger partial charge in [0, 0.05) is 70.1 Å². The third-order valence-electron chi connectivity index (χ3n) is 13.3. The maximum Gasteiger partial charge on any atom is 0.336 e. The molecule has 2 aliphatic heterocycles. The van der Waals surface area contributed by atoms with Crippen LogP contribution in [0.5, 0.6) is 0 Å². The molecule has 0 amide bonds. The first kappa shape index (κ1) is 32.9. The number of anilines is 3. The van der Waals surface area contributed by atoms with Crippen LogP contribution >= 0.6 is 11.3 Å². The molecule has 0 N–H and O–H groups in total. The van der Waals surface area contributed by atoms with Crippen molar-refractivity contribution in [2.45, 2.75) is 26.2 Å². The molecule has 6 heteroatoms.